The van der Waals surface area contributed by atoms with Gasteiger partial charge in [0, 0.05) is 18.8 Å². The normalized spacial score (nSPS) is 10.9. The van der Waals surface area contributed by atoms with Crippen molar-refractivity contribution in [2.75, 3.05) is 18.6 Å². The van der Waals surface area contributed by atoms with Gasteiger partial charge in [0.1, 0.15) is 0 Å². The van der Waals surface area contributed by atoms with E-state index in [-0.39, 0.29) is 5.70 Å². The fraction of sp³-hybridized carbons (Fsp3) is 0.238. The van der Waals surface area contributed by atoms with Crippen LogP contribution in [0.15, 0.2) is 54.2 Å². The summed E-state index contributed by atoms with van der Waals surface area (Å²) in [6.07, 6.45) is 1.57. The number of carbonyl (C=O) groups excluding carboxylic acids is 1. The zero-order valence-electron chi connectivity index (χ0n) is 14.8. The second-order valence-electron chi connectivity index (χ2n) is 5.67. The van der Waals surface area contributed by atoms with Crippen LogP contribution in [-0.2, 0) is 16.1 Å². The Morgan fingerprint density at radius 2 is 1.96 bits per heavy atom. The lowest BCUT2D eigenvalue weighted by atomic mass is 10.1. The van der Waals surface area contributed by atoms with Gasteiger partial charge in [-0.3, -0.25) is 4.79 Å². The molecule has 128 valence electrons. The molecule has 0 bridgehead atoms. The van der Waals surface area contributed by atoms with Crippen LogP contribution in [-0.4, -0.2) is 19.6 Å². The summed E-state index contributed by atoms with van der Waals surface area (Å²) in [5, 5.41) is 0. The topological polar surface area (TPSA) is 33.9 Å². The largest absolute Gasteiger partial charge is 0.474 e. The Morgan fingerprint density at radius 1 is 1.24 bits per heavy atom. The Balaban J connectivity index is 2.27. The third kappa shape index (κ3) is 4.71. The molecule has 4 heteroatoms. The minimum Gasteiger partial charge on any atom is -0.474 e. The Hall–Kier alpha value is -3.06. The molecular weight excluding hydrogens is 312 g/mol. The van der Waals surface area contributed by atoms with Gasteiger partial charge in [-0.25, -0.2) is 4.85 Å². The number of anilines is 1. The van der Waals surface area contributed by atoms with Gasteiger partial charge in [0.05, 0.1) is 13.7 Å². The van der Waals surface area contributed by atoms with Crippen LogP contribution < -0.4 is 4.90 Å². The number of hydrogen-bond acceptors (Lipinski definition) is 3. The fourth-order valence-corrected chi connectivity index (χ4v) is 2.60. The average molecular weight is 334 g/mol. The van der Waals surface area contributed by atoms with Crippen molar-refractivity contribution in [3.63, 3.8) is 0 Å². The van der Waals surface area contributed by atoms with Gasteiger partial charge in [0.15, 0.2) is 0 Å². The van der Waals surface area contributed by atoms with Gasteiger partial charge in [0.2, 0.25) is 0 Å². The number of esters is 1. The Kier molecular flexibility index (Phi) is 6.36. The highest BCUT2D eigenvalue weighted by Gasteiger charge is 2.11. The number of nitrogens with zero attached hydrogens (tertiary/aromatic N) is 2. The first-order valence-corrected chi connectivity index (χ1v) is 8.16. The highest BCUT2D eigenvalue weighted by molar-refractivity contribution is 5.95. The number of rotatable bonds is 6. The first kappa shape index (κ1) is 18.3. The average Bonchev–Trinajstić information content (AvgIpc) is 2.65. The lowest BCUT2D eigenvalue weighted by Crippen LogP contribution is -2.22. The molecule has 0 atom stereocenters. The maximum Gasteiger partial charge on any atom is 0.336 e. The summed E-state index contributed by atoms with van der Waals surface area (Å²) in [7, 11) is 1.28. The van der Waals surface area contributed by atoms with E-state index in [1.807, 2.05) is 37.3 Å². The van der Waals surface area contributed by atoms with Crippen molar-refractivity contribution >= 4 is 17.7 Å². The number of ether oxygens (including phenoxy) is 1. The molecule has 0 fully saturated rings. The molecule has 25 heavy (non-hydrogen) atoms. The van der Waals surface area contributed by atoms with E-state index in [1.54, 1.807) is 6.08 Å². The molecule has 0 saturated carbocycles. The van der Waals surface area contributed by atoms with E-state index >= 15 is 0 Å². The second-order valence-corrected chi connectivity index (χ2v) is 5.67. The predicted octanol–water partition coefficient (Wildman–Crippen LogP) is 4.45. The summed E-state index contributed by atoms with van der Waals surface area (Å²) in [6, 6.07) is 16.4. The van der Waals surface area contributed by atoms with Crippen molar-refractivity contribution in [3.05, 3.63) is 82.3 Å². The number of methoxy groups -OCH3 is 1. The standard InChI is InChI=1S/C21H22N2O2/c1-5-23(15-17-9-7-6-8-10-17)19-12-11-18(16(2)13-19)14-20(22-3)21(24)25-4/h6-14H,5,15H2,1-2,4H3. The minimum absolute atomic E-state index is 0.0185. The molecule has 2 aromatic rings. The molecule has 4 nitrogen and oxygen atoms in total. The van der Waals surface area contributed by atoms with E-state index in [2.05, 4.69) is 39.6 Å². The zero-order valence-corrected chi connectivity index (χ0v) is 14.8. The SMILES string of the molecule is [C-]#[N+]C(=Cc1ccc(N(CC)Cc2ccccc2)cc1C)C(=O)OC. The van der Waals surface area contributed by atoms with Crippen LogP contribution in [0.5, 0.6) is 0 Å². The molecule has 0 aromatic heterocycles. The first-order valence-electron chi connectivity index (χ1n) is 8.16. The molecule has 0 aliphatic carbocycles. The van der Waals surface area contributed by atoms with E-state index < -0.39 is 5.97 Å². The summed E-state index contributed by atoms with van der Waals surface area (Å²) < 4.78 is 4.63. The number of aryl methyl sites for hydroxylation is 1. The van der Waals surface area contributed by atoms with Gasteiger partial charge in [-0.2, -0.15) is 0 Å². The first-order chi connectivity index (χ1) is 12.1. The molecule has 0 N–H and O–H groups in total. The fourth-order valence-electron chi connectivity index (χ4n) is 2.60. The van der Waals surface area contributed by atoms with Crippen LogP contribution >= 0.6 is 0 Å². The van der Waals surface area contributed by atoms with Crippen LogP contribution in [0.1, 0.15) is 23.6 Å². The Bertz CT molecular complexity index is 804. The number of benzene rings is 2. The molecule has 0 aliphatic rings. The maximum absolute atomic E-state index is 11.6. The quantitative estimate of drug-likeness (QED) is 0.444. The monoisotopic (exact) mass is 334 g/mol. The van der Waals surface area contributed by atoms with E-state index in [1.165, 1.54) is 12.7 Å². The molecule has 0 heterocycles. The summed E-state index contributed by atoms with van der Waals surface area (Å²) in [5.74, 6) is -0.613. The van der Waals surface area contributed by atoms with Crippen LogP contribution in [0.25, 0.3) is 10.9 Å². The van der Waals surface area contributed by atoms with Crippen LogP contribution in [0, 0.1) is 13.5 Å². The maximum atomic E-state index is 11.6. The van der Waals surface area contributed by atoms with Gasteiger partial charge < -0.3 is 9.64 Å². The van der Waals surface area contributed by atoms with Crippen molar-refractivity contribution < 1.29 is 9.53 Å². The van der Waals surface area contributed by atoms with E-state index in [0.717, 1.165) is 29.9 Å². The summed E-state index contributed by atoms with van der Waals surface area (Å²) >= 11 is 0. The summed E-state index contributed by atoms with van der Waals surface area (Å²) in [4.78, 5) is 17.1. The third-order valence-electron chi connectivity index (χ3n) is 4.02. The lowest BCUT2D eigenvalue weighted by Gasteiger charge is -2.24. The third-order valence-corrected chi connectivity index (χ3v) is 4.02. The van der Waals surface area contributed by atoms with Crippen molar-refractivity contribution in [3.8, 4) is 0 Å². The molecular formula is C21H22N2O2. The highest BCUT2D eigenvalue weighted by Crippen LogP contribution is 2.23. The van der Waals surface area contributed by atoms with Crippen molar-refractivity contribution in [1.82, 2.24) is 0 Å². The number of carbonyl (C=O) groups is 1. The smallest absolute Gasteiger partial charge is 0.336 e. The van der Waals surface area contributed by atoms with Gasteiger partial charge in [0.25, 0.3) is 5.70 Å². The Morgan fingerprint density at radius 3 is 2.52 bits per heavy atom. The molecule has 0 amide bonds. The number of hydrogen-bond donors (Lipinski definition) is 0. The summed E-state index contributed by atoms with van der Waals surface area (Å²) in [5.41, 5.74) is 4.20. The lowest BCUT2D eigenvalue weighted by molar-refractivity contribution is -0.135. The minimum atomic E-state index is -0.613. The predicted molar refractivity (Wildman–Crippen MR) is 101 cm³/mol. The molecule has 2 aromatic carbocycles. The van der Waals surface area contributed by atoms with Crippen molar-refractivity contribution in [2.45, 2.75) is 20.4 Å². The van der Waals surface area contributed by atoms with Gasteiger partial charge in [-0.15, -0.1) is 0 Å². The van der Waals surface area contributed by atoms with Crippen LogP contribution in [0.3, 0.4) is 0 Å². The van der Waals surface area contributed by atoms with E-state index in [9.17, 15) is 4.79 Å². The van der Waals surface area contributed by atoms with E-state index in [0.29, 0.717) is 0 Å². The molecule has 0 spiro atoms. The van der Waals surface area contributed by atoms with Crippen molar-refractivity contribution in [1.29, 1.82) is 0 Å². The summed E-state index contributed by atoms with van der Waals surface area (Å²) in [6.45, 7) is 13.0. The molecule has 0 saturated heterocycles. The zero-order chi connectivity index (χ0) is 18.2. The molecule has 0 radical (unpaired) electrons. The Labute approximate surface area is 149 Å². The van der Waals surface area contributed by atoms with Crippen LogP contribution in [0.4, 0.5) is 5.69 Å². The second kappa shape index (κ2) is 8.70. The molecule has 0 unspecified atom stereocenters. The van der Waals surface area contributed by atoms with E-state index in [4.69, 9.17) is 6.57 Å². The molecule has 0 aliphatic heterocycles. The van der Waals surface area contributed by atoms with Crippen molar-refractivity contribution in [2.24, 2.45) is 0 Å². The molecule has 2 rings (SSSR count). The van der Waals surface area contributed by atoms with Crippen LogP contribution in [0.2, 0.25) is 0 Å². The van der Waals surface area contributed by atoms with Gasteiger partial charge in [-0.05, 0) is 48.7 Å². The van der Waals surface area contributed by atoms with Gasteiger partial charge in [-0.1, -0.05) is 36.4 Å². The highest BCUT2D eigenvalue weighted by atomic mass is 16.5. The van der Waals surface area contributed by atoms with Gasteiger partial charge >= 0.3 is 5.97 Å².